The molecule has 0 aliphatic heterocycles. The van der Waals surface area contributed by atoms with Crippen LogP contribution in [0.5, 0.6) is 0 Å². The second-order valence-electron chi connectivity index (χ2n) is 1.79. The van der Waals surface area contributed by atoms with E-state index < -0.39 is 5.97 Å². The zero-order valence-corrected chi connectivity index (χ0v) is 6.39. The fourth-order valence-electron chi connectivity index (χ4n) is 0.423. The number of rotatable bonds is 4. The largest absolute Gasteiger partial charge is 1.00 e. The predicted octanol–water partition coefficient (Wildman–Crippen LogP) is -2.05. The second kappa shape index (κ2) is 6.85. The SMILES string of the molecule is CCC(=O)CCC(=O)O.[H-].[Li+]. The summed E-state index contributed by atoms with van der Waals surface area (Å²) in [5.41, 5.74) is 0. The molecule has 0 aliphatic carbocycles. The molecule has 0 spiro atoms. The van der Waals surface area contributed by atoms with E-state index in [2.05, 4.69) is 0 Å². The van der Waals surface area contributed by atoms with E-state index in [0.29, 0.717) is 6.42 Å². The van der Waals surface area contributed by atoms with Gasteiger partial charge in [0.25, 0.3) is 0 Å². The van der Waals surface area contributed by atoms with E-state index in [-0.39, 0.29) is 38.9 Å². The second-order valence-corrected chi connectivity index (χ2v) is 1.79. The molecular formula is C6H11LiO3. The van der Waals surface area contributed by atoms with Crippen molar-refractivity contribution >= 4 is 11.8 Å². The average molecular weight is 138 g/mol. The minimum atomic E-state index is -0.906. The summed E-state index contributed by atoms with van der Waals surface area (Å²) in [5, 5.41) is 8.11. The molecule has 3 nitrogen and oxygen atoms in total. The van der Waals surface area contributed by atoms with Crippen LogP contribution in [0.2, 0.25) is 0 Å². The van der Waals surface area contributed by atoms with E-state index in [1.54, 1.807) is 6.92 Å². The number of carbonyl (C=O) groups excluding carboxylic acids is 1. The van der Waals surface area contributed by atoms with Crippen molar-refractivity contribution in [2.45, 2.75) is 26.2 Å². The number of hydrogen-bond donors (Lipinski definition) is 1. The predicted molar refractivity (Wildman–Crippen MR) is 33.3 cm³/mol. The quantitative estimate of drug-likeness (QED) is 0.455. The number of Topliss-reactive ketones (excluding diaryl/α,β-unsaturated/α-hetero) is 1. The molecule has 0 radical (unpaired) electrons. The van der Waals surface area contributed by atoms with Gasteiger partial charge in [0, 0.05) is 12.8 Å². The maximum absolute atomic E-state index is 10.5. The minimum Gasteiger partial charge on any atom is -1.00 e. The monoisotopic (exact) mass is 138 g/mol. The molecule has 0 aromatic heterocycles. The molecule has 0 heterocycles. The van der Waals surface area contributed by atoms with Crippen LogP contribution < -0.4 is 18.9 Å². The molecule has 0 bridgehead atoms. The summed E-state index contributed by atoms with van der Waals surface area (Å²) in [5.74, 6) is -0.894. The van der Waals surface area contributed by atoms with Crippen LogP contribution in [0.3, 0.4) is 0 Å². The molecule has 0 amide bonds. The van der Waals surface area contributed by atoms with Crippen LogP contribution in [0.25, 0.3) is 0 Å². The maximum atomic E-state index is 10.5. The molecule has 4 heteroatoms. The first-order valence-electron chi connectivity index (χ1n) is 2.90. The van der Waals surface area contributed by atoms with Crippen LogP contribution in [-0.4, -0.2) is 16.9 Å². The van der Waals surface area contributed by atoms with Gasteiger partial charge in [-0.2, -0.15) is 0 Å². The molecule has 0 rings (SSSR count). The third-order valence-electron chi connectivity index (χ3n) is 1.01. The van der Waals surface area contributed by atoms with Gasteiger partial charge < -0.3 is 6.53 Å². The number of ketones is 1. The molecule has 0 aromatic carbocycles. The van der Waals surface area contributed by atoms with Gasteiger partial charge >= 0.3 is 24.8 Å². The molecule has 0 saturated carbocycles. The van der Waals surface area contributed by atoms with Crippen LogP contribution in [0.1, 0.15) is 27.6 Å². The molecule has 10 heavy (non-hydrogen) atoms. The van der Waals surface area contributed by atoms with Gasteiger partial charge in [0.2, 0.25) is 0 Å². The summed E-state index contributed by atoms with van der Waals surface area (Å²) in [6, 6.07) is 0. The number of carboxylic acid groups (broad SMARTS) is 1. The van der Waals surface area contributed by atoms with Gasteiger partial charge in [0.15, 0.2) is 0 Å². The van der Waals surface area contributed by atoms with Gasteiger partial charge in [0.05, 0.1) is 6.42 Å². The van der Waals surface area contributed by atoms with E-state index >= 15 is 0 Å². The molecule has 54 valence electrons. The Hall–Kier alpha value is -0.263. The van der Waals surface area contributed by atoms with E-state index in [1.807, 2.05) is 0 Å². The van der Waals surface area contributed by atoms with E-state index in [0.717, 1.165) is 0 Å². The van der Waals surface area contributed by atoms with Crippen molar-refractivity contribution in [3.63, 3.8) is 0 Å². The fourth-order valence-corrected chi connectivity index (χ4v) is 0.423. The molecule has 0 atom stereocenters. The number of hydrogen-bond acceptors (Lipinski definition) is 2. The van der Waals surface area contributed by atoms with Gasteiger partial charge in [-0.3, -0.25) is 9.59 Å². The van der Waals surface area contributed by atoms with Crippen molar-refractivity contribution in [1.29, 1.82) is 0 Å². The molecule has 0 unspecified atom stereocenters. The fraction of sp³-hybridized carbons (Fsp3) is 0.667. The Labute approximate surface area is 73.5 Å². The summed E-state index contributed by atoms with van der Waals surface area (Å²) < 4.78 is 0. The Bertz CT molecular complexity index is 127. The Morgan fingerprint density at radius 3 is 2.20 bits per heavy atom. The van der Waals surface area contributed by atoms with Crippen molar-refractivity contribution in [3.05, 3.63) is 0 Å². The van der Waals surface area contributed by atoms with Crippen LogP contribution in [-0.2, 0) is 9.59 Å². The zero-order valence-electron chi connectivity index (χ0n) is 7.39. The van der Waals surface area contributed by atoms with Crippen LogP contribution >= 0.6 is 0 Å². The zero-order chi connectivity index (χ0) is 7.28. The van der Waals surface area contributed by atoms with Gasteiger partial charge in [-0.15, -0.1) is 0 Å². The Balaban J connectivity index is -0.000000320. The minimum absolute atomic E-state index is 0. The first kappa shape index (κ1) is 12.4. The third kappa shape index (κ3) is 7.74. The summed E-state index contributed by atoms with van der Waals surface area (Å²) in [7, 11) is 0. The Morgan fingerprint density at radius 1 is 1.40 bits per heavy atom. The van der Waals surface area contributed by atoms with Crippen molar-refractivity contribution in [2.75, 3.05) is 0 Å². The van der Waals surface area contributed by atoms with Gasteiger partial charge in [-0.1, -0.05) is 6.92 Å². The third-order valence-corrected chi connectivity index (χ3v) is 1.01. The number of carboxylic acids is 1. The van der Waals surface area contributed by atoms with E-state index in [1.165, 1.54) is 0 Å². The summed E-state index contributed by atoms with van der Waals surface area (Å²) >= 11 is 0. The van der Waals surface area contributed by atoms with E-state index in [4.69, 9.17) is 5.11 Å². The summed E-state index contributed by atoms with van der Waals surface area (Å²) in [4.78, 5) is 20.3. The summed E-state index contributed by atoms with van der Waals surface area (Å²) in [6.45, 7) is 1.73. The Morgan fingerprint density at radius 2 is 1.90 bits per heavy atom. The van der Waals surface area contributed by atoms with Gasteiger partial charge in [-0.25, -0.2) is 0 Å². The molecule has 0 aromatic rings. The van der Waals surface area contributed by atoms with Gasteiger partial charge in [-0.05, 0) is 0 Å². The van der Waals surface area contributed by atoms with Crippen LogP contribution in [0, 0.1) is 0 Å². The number of aliphatic carboxylic acids is 1. The van der Waals surface area contributed by atoms with Gasteiger partial charge in [0.1, 0.15) is 5.78 Å². The molecule has 0 fully saturated rings. The molecule has 1 N–H and O–H groups in total. The van der Waals surface area contributed by atoms with Crippen molar-refractivity contribution < 1.29 is 35.0 Å². The van der Waals surface area contributed by atoms with Crippen molar-refractivity contribution in [3.8, 4) is 0 Å². The molecular weight excluding hydrogens is 127 g/mol. The average Bonchev–Trinajstić information content (AvgIpc) is 1.83. The molecule has 0 aliphatic rings. The molecule has 0 saturated heterocycles. The summed E-state index contributed by atoms with van der Waals surface area (Å²) in [6.07, 6.45) is 0.575. The van der Waals surface area contributed by atoms with Crippen LogP contribution in [0.4, 0.5) is 0 Å². The Kier molecular flexibility index (Phi) is 8.51. The smallest absolute Gasteiger partial charge is 1.00 e. The van der Waals surface area contributed by atoms with Crippen molar-refractivity contribution in [1.82, 2.24) is 0 Å². The topological polar surface area (TPSA) is 54.4 Å². The first-order chi connectivity index (χ1) is 4.16. The van der Waals surface area contributed by atoms with Crippen LogP contribution in [0.15, 0.2) is 0 Å². The van der Waals surface area contributed by atoms with Crippen molar-refractivity contribution in [2.24, 2.45) is 0 Å². The van der Waals surface area contributed by atoms with E-state index in [9.17, 15) is 9.59 Å². The number of carbonyl (C=O) groups is 2. The standard InChI is InChI=1S/C6H10O3.Li.H/c1-2-5(7)3-4-6(8)9;;/h2-4H2,1H3,(H,8,9);;/q;+1;-1. The normalized spacial score (nSPS) is 8.10. The maximum Gasteiger partial charge on any atom is 1.00 e. The first-order valence-corrected chi connectivity index (χ1v) is 2.90.